The highest BCUT2D eigenvalue weighted by molar-refractivity contribution is 14.2. The number of rotatable bonds is 7. The molecule has 1 unspecified atom stereocenters. The van der Waals surface area contributed by atoms with Gasteiger partial charge in [-0.3, -0.25) is 0 Å². The van der Waals surface area contributed by atoms with Crippen molar-refractivity contribution >= 4 is 34.5 Å². The van der Waals surface area contributed by atoms with E-state index in [1.54, 1.807) is 11.9 Å². The highest BCUT2D eigenvalue weighted by Crippen LogP contribution is 2.50. The minimum Gasteiger partial charge on any atom is -0.444 e. The zero-order valence-corrected chi connectivity index (χ0v) is 24.6. The van der Waals surface area contributed by atoms with Crippen LogP contribution in [-0.2, 0) is 16.0 Å². The molecular formula is C24H42IN4O3P. The Balaban J connectivity index is 1.57. The molecule has 1 aliphatic carbocycles. The second kappa shape index (κ2) is 10.7. The first-order valence-corrected chi connectivity index (χ1v) is 16.1. The third-order valence-corrected chi connectivity index (χ3v) is 8.61. The first-order chi connectivity index (χ1) is 15.3. The molecule has 1 atom stereocenters. The highest BCUT2D eigenvalue weighted by atomic mass is 127. The Bertz CT molecular complexity index is 815. The van der Waals surface area contributed by atoms with E-state index in [-0.39, 0.29) is 11.7 Å². The minimum atomic E-state index is -0.473. The topological polar surface area (TPSA) is 59.8 Å². The Morgan fingerprint density at radius 1 is 1.30 bits per heavy atom. The predicted octanol–water partition coefficient (Wildman–Crippen LogP) is 5.82. The molecule has 2 fully saturated rings. The third-order valence-electron chi connectivity index (χ3n) is 6.73. The van der Waals surface area contributed by atoms with Gasteiger partial charge >= 0.3 is 6.09 Å². The third kappa shape index (κ3) is 7.52. The van der Waals surface area contributed by atoms with Crippen LogP contribution in [0.2, 0.25) is 0 Å². The van der Waals surface area contributed by atoms with Crippen molar-refractivity contribution in [1.29, 1.82) is 0 Å². The molecule has 0 N–H and O–H groups in total. The Kier molecular flexibility index (Phi) is 8.78. The minimum absolute atomic E-state index is 0.0940. The van der Waals surface area contributed by atoms with Gasteiger partial charge in [0, 0.05) is 44.4 Å². The van der Waals surface area contributed by atoms with Gasteiger partial charge in [-0.15, -0.1) is 0 Å². The second-order valence-electron chi connectivity index (χ2n) is 11.8. The van der Waals surface area contributed by atoms with Crippen LogP contribution in [0.1, 0.15) is 83.9 Å². The van der Waals surface area contributed by atoms with E-state index in [4.69, 9.17) is 14.6 Å². The van der Waals surface area contributed by atoms with E-state index in [0.29, 0.717) is 24.3 Å². The van der Waals surface area contributed by atoms with Crippen LogP contribution in [0, 0.1) is 5.41 Å². The first kappa shape index (κ1) is 27.2. The van der Waals surface area contributed by atoms with Crippen LogP contribution in [0.4, 0.5) is 4.79 Å². The summed E-state index contributed by atoms with van der Waals surface area (Å²) in [5.74, 6) is 0.504. The fourth-order valence-electron chi connectivity index (χ4n) is 5.11. The van der Waals surface area contributed by atoms with Crippen LogP contribution in [0.15, 0.2) is 6.20 Å². The van der Waals surface area contributed by atoms with Gasteiger partial charge in [0.15, 0.2) is 0 Å². The Morgan fingerprint density at radius 2 is 1.97 bits per heavy atom. The fourth-order valence-corrected chi connectivity index (χ4v) is 6.21. The lowest BCUT2D eigenvalue weighted by molar-refractivity contribution is -0.0296. The number of halogens is 1. The number of ether oxygens (including phenoxy) is 2. The van der Waals surface area contributed by atoms with Crippen molar-refractivity contribution in [2.24, 2.45) is 5.41 Å². The van der Waals surface area contributed by atoms with Crippen LogP contribution >= 0.6 is 28.4 Å². The van der Waals surface area contributed by atoms with Crippen LogP contribution in [0.25, 0.3) is 0 Å². The Labute approximate surface area is 214 Å². The van der Waals surface area contributed by atoms with E-state index < -0.39 is 5.60 Å². The molecule has 1 aromatic heterocycles. The van der Waals surface area contributed by atoms with Crippen molar-refractivity contribution in [3.63, 3.8) is 0 Å². The highest BCUT2D eigenvalue weighted by Gasteiger charge is 2.46. The Morgan fingerprint density at radius 3 is 2.52 bits per heavy atom. The molecule has 0 radical (unpaired) electrons. The summed E-state index contributed by atoms with van der Waals surface area (Å²) < 4.78 is 13.9. The predicted molar refractivity (Wildman–Crippen MR) is 143 cm³/mol. The molecule has 1 saturated carbocycles. The van der Waals surface area contributed by atoms with Crippen LogP contribution < -0.4 is 0 Å². The maximum atomic E-state index is 12.2. The summed E-state index contributed by atoms with van der Waals surface area (Å²) in [6.45, 7) is 13.5. The van der Waals surface area contributed by atoms with Crippen LogP contribution in [0.5, 0.6) is 0 Å². The maximum Gasteiger partial charge on any atom is 0.410 e. The van der Waals surface area contributed by atoms with E-state index in [1.165, 1.54) is 17.7 Å². The van der Waals surface area contributed by atoms with Crippen molar-refractivity contribution in [2.45, 2.75) is 90.4 Å². The average molecular weight is 593 g/mol. The Hall–Kier alpha value is -0.440. The number of carbonyl (C=O) groups excluding carboxylic acids is 1. The van der Waals surface area contributed by atoms with Gasteiger partial charge in [0.05, 0.1) is 24.3 Å². The molecular weight excluding hydrogens is 550 g/mol. The van der Waals surface area contributed by atoms with E-state index in [0.717, 1.165) is 45.4 Å². The molecule has 0 aromatic carbocycles. The van der Waals surface area contributed by atoms with Gasteiger partial charge in [0.1, 0.15) is 5.60 Å². The number of aromatic nitrogens is 2. The molecule has 188 valence electrons. The van der Waals surface area contributed by atoms with E-state index in [2.05, 4.69) is 58.5 Å². The fraction of sp³-hybridized carbons (Fsp3) is 0.833. The average Bonchev–Trinajstić information content (AvgIpc) is 3.25. The molecule has 3 rings (SSSR count). The number of hydrogen-bond donors (Lipinski definition) is 0. The molecule has 2 heterocycles. The molecule has 33 heavy (non-hydrogen) atoms. The summed E-state index contributed by atoms with van der Waals surface area (Å²) in [6.07, 6.45) is 8.29. The molecule has 1 amide bonds. The lowest BCUT2D eigenvalue weighted by Gasteiger charge is -2.37. The van der Waals surface area contributed by atoms with E-state index in [1.807, 2.05) is 20.8 Å². The van der Waals surface area contributed by atoms with Gasteiger partial charge in [0.2, 0.25) is 0 Å². The number of amides is 1. The largest absolute Gasteiger partial charge is 0.444 e. The normalized spacial score (nSPS) is 25.4. The van der Waals surface area contributed by atoms with Crippen molar-refractivity contribution in [3.05, 3.63) is 17.5 Å². The van der Waals surface area contributed by atoms with Crippen molar-refractivity contribution in [2.75, 3.05) is 33.8 Å². The van der Waals surface area contributed by atoms with Crippen molar-refractivity contribution in [1.82, 2.24) is 19.4 Å². The van der Waals surface area contributed by atoms with Gasteiger partial charge < -0.3 is 19.3 Å². The number of likely N-dealkylation sites (N-methyl/N-ethyl adjacent to an activating group) is 2. The molecule has 2 aliphatic rings. The van der Waals surface area contributed by atoms with Gasteiger partial charge in [-0.25, -0.2) is 9.25 Å². The van der Waals surface area contributed by atoms with Crippen molar-refractivity contribution < 1.29 is 14.3 Å². The molecule has 7 nitrogen and oxygen atoms in total. The van der Waals surface area contributed by atoms with Crippen LogP contribution in [-0.4, -0.2) is 70.4 Å². The van der Waals surface area contributed by atoms with E-state index in [9.17, 15) is 4.79 Å². The standard InChI is InChI=1S/C24H42IN4O3P/c1-22(2,3)32-21(30)28(7)13-12-27(6)14-19-15-29(33-25)26-20(19)18-8-10-24(11-9-18)16-23(4,5)17-31-24/h15,18,33H,8-14,16-17H2,1-7H3. The van der Waals surface area contributed by atoms with Gasteiger partial charge in [-0.2, -0.15) is 5.10 Å². The van der Waals surface area contributed by atoms with Gasteiger partial charge in [0.25, 0.3) is 0 Å². The molecule has 1 aliphatic heterocycles. The van der Waals surface area contributed by atoms with E-state index >= 15 is 0 Å². The summed E-state index contributed by atoms with van der Waals surface area (Å²) in [4.78, 5) is 16.2. The summed E-state index contributed by atoms with van der Waals surface area (Å²) in [5, 5.41) is 4.98. The smallest absolute Gasteiger partial charge is 0.410 e. The summed E-state index contributed by atoms with van der Waals surface area (Å²) in [6, 6.07) is 0. The monoisotopic (exact) mass is 592 g/mol. The van der Waals surface area contributed by atoms with Crippen LogP contribution in [0.3, 0.4) is 0 Å². The first-order valence-electron chi connectivity index (χ1n) is 12.0. The van der Waals surface area contributed by atoms with Crippen molar-refractivity contribution in [3.8, 4) is 0 Å². The molecule has 9 heteroatoms. The SMILES string of the molecule is CN(CCN(C)C(=O)OC(C)(C)C)Cc1cn(PI)nc1C1CCC2(CC1)CC(C)(C)CO2. The zero-order chi connectivity index (χ0) is 24.4. The quantitative estimate of drug-likeness (QED) is 0.295. The second-order valence-corrected chi connectivity index (χ2v) is 13.9. The molecule has 0 bridgehead atoms. The number of nitrogens with zero attached hydrogens (tertiary/aromatic N) is 4. The summed E-state index contributed by atoms with van der Waals surface area (Å²) >= 11 is 2.40. The number of hydrogen-bond acceptors (Lipinski definition) is 5. The zero-order valence-electron chi connectivity index (χ0n) is 21.4. The molecule has 1 aromatic rings. The molecule has 1 saturated heterocycles. The number of carbonyl (C=O) groups is 1. The van der Waals surface area contributed by atoms with Gasteiger partial charge in [-0.1, -0.05) is 13.8 Å². The van der Waals surface area contributed by atoms with Gasteiger partial charge in [-0.05, 0) is 87.4 Å². The summed E-state index contributed by atoms with van der Waals surface area (Å²) in [7, 11) is 3.91. The lowest BCUT2D eigenvalue weighted by Crippen LogP contribution is -2.38. The maximum absolute atomic E-state index is 12.2. The lowest BCUT2D eigenvalue weighted by atomic mass is 9.72. The molecule has 1 spiro atoms. The summed E-state index contributed by atoms with van der Waals surface area (Å²) in [5.41, 5.74) is 2.50.